The predicted molar refractivity (Wildman–Crippen MR) is 91.0 cm³/mol. The van der Waals surface area contributed by atoms with Gasteiger partial charge in [0, 0.05) is 18.8 Å². The van der Waals surface area contributed by atoms with Crippen LogP contribution in [0, 0.1) is 23.7 Å². The molecule has 1 saturated carbocycles. The number of carboxylic acids is 1. The zero-order valence-corrected chi connectivity index (χ0v) is 14.9. The highest BCUT2D eigenvalue weighted by atomic mass is 16.5. The summed E-state index contributed by atoms with van der Waals surface area (Å²) in [5, 5.41) is 9.51. The van der Waals surface area contributed by atoms with Gasteiger partial charge in [-0.3, -0.25) is 14.4 Å². The molecule has 0 saturated heterocycles. The van der Waals surface area contributed by atoms with E-state index in [1.54, 1.807) is 0 Å². The van der Waals surface area contributed by atoms with Crippen LogP contribution in [0.25, 0.3) is 0 Å². The third-order valence-corrected chi connectivity index (χ3v) is 4.81. The van der Waals surface area contributed by atoms with Crippen molar-refractivity contribution >= 4 is 17.9 Å². The average molecular weight is 364 g/mol. The minimum absolute atomic E-state index is 0.0564. The van der Waals surface area contributed by atoms with E-state index in [0.29, 0.717) is 6.61 Å². The summed E-state index contributed by atoms with van der Waals surface area (Å²) in [6.45, 7) is 1.75. The van der Waals surface area contributed by atoms with Crippen LogP contribution in [0.4, 0.5) is 0 Å². The van der Waals surface area contributed by atoms with Crippen molar-refractivity contribution in [1.82, 2.24) is 0 Å². The molecule has 7 heteroatoms. The molecule has 0 unspecified atom stereocenters. The Hall–Kier alpha value is -2.41. The molecule has 1 aromatic carbocycles. The topological polar surface area (TPSA) is 99.1 Å². The summed E-state index contributed by atoms with van der Waals surface area (Å²) in [6, 6.07) is 9.54. The van der Waals surface area contributed by atoms with Gasteiger partial charge in [0.05, 0.1) is 38.8 Å². The van der Waals surface area contributed by atoms with Gasteiger partial charge in [-0.05, 0) is 12.0 Å². The summed E-state index contributed by atoms with van der Waals surface area (Å²) in [4.78, 5) is 34.9. The SMILES string of the molecule is COC(=O)[C@H]1C[C@@H](C(=O)O)[C@H](COC(C)=O)[C@@H]1COCc1ccccc1. The highest BCUT2D eigenvalue weighted by Gasteiger charge is 2.50. The second-order valence-corrected chi connectivity index (χ2v) is 6.44. The normalized spacial score (nSPS) is 24.8. The Morgan fingerprint density at radius 2 is 1.73 bits per heavy atom. The van der Waals surface area contributed by atoms with Crippen molar-refractivity contribution < 1.29 is 33.7 Å². The van der Waals surface area contributed by atoms with Crippen LogP contribution in [-0.2, 0) is 35.2 Å². The Bertz CT molecular complexity index is 628. The van der Waals surface area contributed by atoms with Crippen LogP contribution in [0.1, 0.15) is 18.9 Å². The molecule has 0 aliphatic heterocycles. The van der Waals surface area contributed by atoms with E-state index in [0.717, 1.165) is 5.56 Å². The molecule has 2 rings (SSSR count). The number of hydrogen-bond acceptors (Lipinski definition) is 6. The third kappa shape index (κ3) is 5.05. The Morgan fingerprint density at radius 1 is 1.08 bits per heavy atom. The van der Waals surface area contributed by atoms with Gasteiger partial charge < -0.3 is 19.3 Å². The summed E-state index contributed by atoms with van der Waals surface area (Å²) in [5.74, 6) is -4.25. The number of ether oxygens (including phenoxy) is 3. The highest BCUT2D eigenvalue weighted by Crippen LogP contribution is 2.43. The fourth-order valence-corrected chi connectivity index (χ4v) is 3.51. The molecule has 26 heavy (non-hydrogen) atoms. The summed E-state index contributed by atoms with van der Waals surface area (Å²) >= 11 is 0. The number of carboxylic acid groups (broad SMARTS) is 1. The number of carbonyl (C=O) groups is 3. The molecule has 0 bridgehead atoms. The number of esters is 2. The molecule has 142 valence electrons. The zero-order valence-electron chi connectivity index (χ0n) is 14.9. The molecular formula is C19H24O7. The molecular weight excluding hydrogens is 340 g/mol. The van der Waals surface area contributed by atoms with Crippen LogP contribution < -0.4 is 0 Å². The van der Waals surface area contributed by atoms with Gasteiger partial charge in [-0.25, -0.2) is 0 Å². The van der Waals surface area contributed by atoms with E-state index in [-0.39, 0.29) is 19.6 Å². The van der Waals surface area contributed by atoms with E-state index in [9.17, 15) is 19.5 Å². The Morgan fingerprint density at radius 3 is 2.31 bits per heavy atom. The average Bonchev–Trinajstić information content (AvgIpc) is 2.99. The zero-order chi connectivity index (χ0) is 19.1. The van der Waals surface area contributed by atoms with E-state index >= 15 is 0 Å². The lowest BCUT2D eigenvalue weighted by molar-refractivity contribution is -0.150. The van der Waals surface area contributed by atoms with Crippen molar-refractivity contribution in [3.8, 4) is 0 Å². The number of benzene rings is 1. The number of aliphatic carboxylic acids is 1. The first-order valence-electron chi connectivity index (χ1n) is 8.49. The van der Waals surface area contributed by atoms with E-state index in [2.05, 4.69) is 0 Å². The molecule has 1 aliphatic rings. The summed E-state index contributed by atoms with van der Waals surface area (Å²) in [6.07, 6.45) is 0.146. The Kier molecular flexibility index (Phi) is 7.15. The van der Waals surface area contributed by atoms with Crippen LogP contribution in [0.3, 0.4) is 0 Å². The number of rotatable bonds is 8. The van der Waals surface area contributed by atoms with Gasteiger partial charge in [0.2, 0.25) is 0 Å². The summed E-state index contributed by atoms with van der Waals surface area (Å²) in [7, 11) is 1.28. The summed E-state index contributed by atoms with van der Waals surface area (Å²) in [5.41, 5.74) is 0.978. The molecule has 1 aliphatic carbocycles. The van der Waals surface area contributed by atoms with Crippen molar-refractivity contribution in [2.45, 2.75) is 20.0 Å². The smallest absolute Gasteiger partial charge is 0.309 e. The minimum Gasteiger partial charge on any atom is -0.481 e. The van der Waals surface area contributed by atoms with E-state index in [1.165, 1.54) is 14.0 Å². The lowest BCUT2D eigenvalue weighted by atomic mass is 9.88. The van der Waals surface area contributed by atoms with Gasteiger partial charge in [-0.15, -0.1) is 0 Å². The van der Waals surface area contributed by atoms with E-state index < -0.39 is 41.6 Å². The Labute approximate surface area is 152 Å². The standard InChI is InChI=1S/C19H24O7/c1-12(20)26-11-17-14(18(21)22)8-15(19(23)24-2)16(17)10-25-9-13-6-4-3-5-7-13/h3-7,14-17H,8-11H2,1-2H3,(H,21,22)/t14-,15+,16-,17+/m1/s1. The minimum atomic E-state index is -1.01. The van der Waals surface area contributed by atoms with Gasteiger partial charge in [0.25, 0.3) is 0 Å². The molecule has 0 aromatic heterocycles. The van der Waals surface area contributed by atoms with Gasteiger partial charge in [-0.1, -0.05) is 30.3 Å². The summed E-state index contributed by atoms with van der Waals surface area (Å²) < 4.78 is 15.6. The number of hydrogen-bond donors (Lipinski definition) is 1. The van der Waals surface area contributed by atoms with Crippen LogP contribution in [0.5, 0.6) is 0 Å². The second-order valence-electron chi connectivity index (χ2n) is 6.44. The van der Waals surface area contributed by atoms with Gasteiger partial charge in [-0.2, -0.15) is 0 Å². The first-order valence-corrected chi connectivity index (χ1v) is 8.49. The maximum absolute atomic E-state index is 12.1. The molecule has 0 spiro atoms. The number of methoxy groups -OCH3 is 1. The highest BCUT2D eigenvalue weighted by molar-refractivity contribution is 5.77. The van der Waals surface area contributed by atoms with Crippen molar-refractivity contribution in [3.63, 3.8) is 0 Å². The quantitative estimate of drug-likeness (QED) is 0.703. The first-order chi connectivity index (χ1) is 12.4. The second kappa shape index (κ2) is 9.33. The van der Waals surface area contributed by atoms with Crippen molar-refractivity contribution in [2.75, 3.05) is 20.3 Å². The molecule has 1 fully saturated rings. The van der Waals surface area contributed by atoms with Crippen LogP contribution >= 0.6 is 0 Å². The lowest BCUT2D eigenvalue weighted by Gasteiger charge is -2.24. The van der Waals surface area contributed by atoms with Gasteiger partial charge >= 0.3 is 17.9 Å². The van der Waals surface area contributed by atoms with Crippen LogP contribution in [-0.4, -0.2) is 43.3 Å². The van der Waals surface area contributed by atoms with Gasteiger partial charge in [0.1, 0.15) is 0 Å². The largest absolute Gasteiger partial charge is 0.481 e. The predicted octanol–water partition coefficient (Wildman–Crippen LogP) is 1.89. The van der Waals surface area contributed by atoms with Crippen molar-refractivity contribution in [3.05, 3.63) is 35.9 Å². The van der Waals surface area contributed by atoms with E-state index in [4.69, 9.17) is 14.2 Å². The molecule has 0 radical (unpaired) electrons. The van der Waals surface area contributed by atoms with Crippen molar-refractivity contribution in [1.29, 1.82) is 0 Å². The van der Waals surface area contributed by atoms with Gasteiger partial charge in [0.15, 0.2) is 0 Å². The molecule has 1 N–H and O–H groups in total. The first kappa shape index (κ1) is 19.9. The third-order valence-electron chi connectivity index (χ3n) is 4.81. The molecule has 0 heterocycles. The lowest BCUT2D eigenvalue weighted by Crippen LogP contribution is -2.32. The van der Waals surface area contributed by atoms with E-state index in [1.807, 2.05) is 30.3 Å². The van der Waals surface area contributed by atoms with Crippen LogP contribution in [0.15, 0.2) is 30.3 Å². The monoisotopic (exact) mass is 364 g/mol. The Balaban J connectivity index is 2.11. The molecule has 4 atom stereocenters. The maximum Gasteiger partial charge on any atom is 0.309 e. The van der Waals surface area contributed by atoms with Crippen molar-refractivity contribution in [2.24, 2.45) is 23.7 Å². The molecule has 7 nitrogen and oxygen atoms in total. The molecule has 1 aromatic rings. The molecule has 0 amide bonds. The maximum atomic E-state index is 12.1. The fourth-order valence-electron chi connectivity index (χ4n) is 3.51. The van der Waals surface area contributed by atoms with Crippen LogP contribution in [0.2, 0.25) is 0 Å². The number of carbonyl (C=O) groups excluding carboxylic acids is 2. The fraction of sp³-hybridized carbons (Fsp3) is 0.526.